The Hall–Kier alpha value is -4.24. The van der Waals surface area contributed by atoms with Crippen molar-refractivity contribution in [3.63, 3.8) is 0 Å². The number of nitrogens with zero attached hydrogens (tertiary/aromatic N) is 3. The minimum Gasteiger partial charge on any atom is -0.341 e. The lowest BCUT2D eigenvalue weighted by Gasteiger charge is -2.42. The molecule has 2 aromatic carbocycles. The molecule has 6 atom stereocenters. The van der Waals surface area contributed by atoms with Crippen LogP contribution in [0.25, 0.3) is 17.8 Å². The highest BCUT2D eigenvalue weighted by Gasteiger charge is 2.63. The number of fused-ring (bicyclic) bond motifs is 10. The predicted octanol–water partition coefficient (Wildman–Crippen LogP) is 10.4. The minimum absolute atomic E-state index is 0.259. The molecule has 3 nitrogen and oxygen atoms in total. The van der Waals surface area contributed by atoms with E-state index in [1.54, 1.807) is 11.3 Å². The Morgan fingerprint density at radius 1 is 0.723 bits per heavy atom. The molecule has 11 rings (SSSR count). The molecule has 0 saturated heterocycles. The first-order valence-corrected chi connectivity index (χ1v) is 18.4. The molecule has 2 saturated carbocycles. The molecular weight excluding hydrogens is 571 g/mol. The molecule has 1 aromatic heterocycles. The quantitative estimate of drug-likeness (QED) is 0.291. The normalized spacial score (nSPS) is 31.7. The third kappa shape index (κ3) is 3.58. The smallest absolute Gasteiger partial charge is 0.0629 e. The van der Waals surface area contributed by atoms with E-state index in [-0.39, 0.29) is 11.5 Å². The van der Waals surface area contributed by atoms with Crippen LogP contribution < -0.4 is 9.80 Å². The minimum atomic E-state index is 0.259. The summed E-state index contributed by atoms with van der Waals surface area (Å²) in [7, 11) is 0. The Morgan fingerprint density at radius 3 is 2.26 bits per heavy atom. The SMILES string of the molecule is CC12C3=C(CCC=C3)N(c3cc(N4c5ccccc5C5C=CC=CC54)cc(-n4c5c(c6c4CCC=C6)C=CCC5)c3)C1CCC1CC12. The van der Waals surface area contributed by atoms with Crippen molar-refractivity contribution in [2.75, 3.05) is 9.80 Å². The molecule has 0 N–H and O–H groups in total. The maximum Gasteiger partial charge on any atom is 0.0629 e. The van der Waals surface area contributed by atoms with E-state index in [0.717, 1.165) is 50.4 Å². The number of allylic oxidation sites excluding steroid dienone is 7. The van der Waals surface area contributed by atoms with Crippen LogP contribution in [0.4, 0.5) is 17.1 Å². The molecule has 0 amide bonds. The zero-order valence-electron chi connectivity index (χ0n) is 27.4. The standard InChI is InChI=1S/C44H43N3/c1-44-36-16-6-11-21-42(36)47(43(44)23-22-28-24-37(28)44)31-26-29(45-38-17-7-2-12-32(38)33-13-3-8-18-39(33)45)25-30(27-31)46-40-19-9-4-14-34(40)35-15-5-10-20-41(35)46/h2-8,12-18,25-28,32,37-38,43H,9-11,19-24H2,1H3. The molecule has 0 radical (unpaired) electrons. The summed E-state index contributed by atoms with van der Waals surface area (Å²) in [5.41, 5.74) is 16.3. The predicted molar refractivity (Wildman–Crippen MR) is 194 cm³/mol. The Morgan fingerprint density at radius 2 is 1.43 bits per heavy atom. The summed E-state index contributed by atoms with van der Waals surface area (Å²) in [6, 6.07) is 17.7. The highest BCUT2D eigenvalue weighted by Crippen LogP contribution is 2.68. The summed E-state index contributed by atoms with van der Waals surface area (Å²) in [5.74, 6) is 2.16. The molecule has 3 aromatic rings. The maximum absolute atomic E-state index is 2.87. The summed E-state index contributed by atoms with van der Waals surface area (Å²) in [4.78, 5) is 5.54. The molecule has 8 aliphatic rings. The maximum atomic E-state index is 2.87. The van der Waals surface area contributed by atoms with E-state index >= 15 is 0 Å². The molecule has 3 heteroatoms. The third-order valence-electron chi connectivity index (χ3n) is 13.3. The molecule has 2 aliphatic heterocycles. The lowest BCUT2D eigenvalue weighted by molar-refractivity contribution is 0.222. The zero-order chi connectivity index (χ0) is 30.9. The second-order valence-electron chi connectivity index (χ2n) is 15.5. The van der Waals surface area contributed by atoms with E-state index in [0.29, 0.717) is 12.0 Å². The summed E-state index contributed by atoms with van der Waals surface area (Å²) in [5, 5.41) is 0. The van der Waals surface area contributed by atoms with Gasteiger partial charge in [0.05, 0.1) is 6.04 Å². The number of hydrogen-bond acceptors (Lipinski definition) is 2. The van der Waals surface area contributed by atoms with Crippen LogP contribution in [0.5, 0.6) is 0 Å². The van der Waals surface area contributed by atoms with Crippen LogP contribution in [0.15, 0.2) is 102 Å². The average Bonchev–Trinajstić information content (AvgIpc) is 3.66. The number of benzene rings is 2. The second kappa shape index (κ2) is 9.66. The molecule has 234 valence electrons. The Bertz CT molecular complexity index is 2010. The van der Waals surface area contributed by atoms with Crippen LogP contribution in [0.1, 0.15) is 85.9 Å². The van der Waals surface area contributed by atoms with Gasteiger partial charge < -0.3 is 14.4 Å². The van der Waals surface area contributed by atoms with Crippen LogP contribution in [-0.2, 0) is 12.8 Å². The van der Waals surface area contributed by atoms with Gasteiger partial charge in [0, 0.05) is 68.3 Å². The number of para-hydroxylation sites is 1. The molecule has 47 heavy (non-hydrogen) atoms. The van der Waals surface area contributed by atoms with Gasteiger partial charge >= 0.3 is 0 Å². The molecule has 6 aliphatic carbocycles. The van der Waals surface area contributed by atoms with Crippen molar-refractivity contribution in [3.8, 4) is 5.69 Å². The molecule has 2 fully saturated rings. The van der Waals surface area contributed by atoms with Gasteiger partial charge in [-0.15, -0.1) is 0 Å². The van der Waals surface area contributed by atoms with Crippen molar-refractivity contribution in [2.24, 2.45) is 17.3 Å². The fourth-order valence-corrected chi connectivity index (χ4v) is 11.2. The monoisotopic (exact) mass is 613 g/mol. The Labute approximate surface area is 279 Å². The van der Waals surface area contributed by atoms with Crippen LogP contribution in [0.3, 0.4) is 0 Å². The van der Waals surface area contributed by atoms with E-state index in [9.17, 15) is 0 Å². The molecular formula is C44H43N3. The Kier molecular flexibility index (Phi) is 5.50. The number of aromatic nitrogens is 1. The van der Waals surface area contributed by atoms with Gasteiger partial charge in [0.1, 0.15) is 0 Å². The summed E-state index contributed by atoms with van der Waals surface area (Å²) in [6.07, 6.45) is 34.8. The van der Waals surface area contributed by atoms with Crippen molar-refractivity contribution in [1.29, 1.82) is 0 Å². The van der Waals surface area contributed by atoms with Crippen LogP contribution in [0, 0.1) is 17.3 Å². The zero-order valence-corrected chi connectivity index (χ0v) is 27.4. The van der Waals surface area contributed by atoms with Crippen LogP contribution in [0.2, 0.25) is 0 Å². The first-order chi connectivity index (χ1) is 23.2. The highest BCUT2D eigenvalue weighted by molar-refractivity contribution is 5.81. The van der Waals surface area contributed by atoms with Gasteiger partial charge in [-0.2, -0.15) is 0 Å². The van der Waals surface area contributed by atoms with E-state index in [1.165, 1.54) is 70.1 Å². The average molecular weight is 614 g/mol. The van der Waals surface area contributed by atoms with Gasteiger partial charge in [-0.3, -0.25) is 0 Å². The molecule has 3 heterocycles. The van der Waals surface area contributed by atoms with E-state index < -0.39 is 0 Å². The summed E-state index contributed by atoms with van der Waals surface area (Å²) < 4.78 is 2.70. The largest absolute Gasteiger partial charge is 0.341 e. The van der Waals surface area contributed by atoms with Crippen molar-refractivity contribution in [1.82, 2.24) is 4.57 Å². The summed E-state index contributed by atoms with van der Waals surface area (Å²) >= 11 is 0. The topological polar surface area (TPSA) is 11.4 Å². The fraction of sp³-hybridized carbons (Fsp3) is 0.364. The van der Waals surface area contributed by atoms with Gasteiger partial charge in [0.25, 0.3) is 0 Å². The van der Waals surface area contributed by atoms with Gasteiger partial charge in [-0.1, -0.05) is 85.9 Å². The first kappa shape index (κ1) is 26.8. The second-order valence-corrected chi connectivity index (χ2v) is 15.5. The number of hydrogen-bond donors (Lipinski definition) is 0. The Balaban J connectivity index is 1.16. The number of rotatable bonds is 3. The van der Waals surface area contributed by atoms with Gasteiger partial charge in [0.2, 0.25) is 0 Å². The van der Waals surface area contributed by atoms with Crippen LogP contribution in [-0.4, -0.2) is 16.7 Å². The van der Waals surface area contributed by atoms with Crippen molar-refractivity contribution >= 4 is 29.2 Å². The van der Waals surface area contributed by atoms with E-state index in [4.69, 9.17) is 0 Å². The first-order valence-electron chi connectivity index (χ1n) is 18.4. The van der Waals surface area contributed by atoms with E-state index in [1.807, 2.05) is 0 Å². The van der Waals surface area contributed by atoms with E-state index in [2.05, 4.69) is 125 Å². The number of anilines is 3. The fourth-order valence-electron chi connectivity index (χ4n) is 11.2. The van der Waals surface area contributed by atoms with Crippen molar-refractivity contribution in [2.45, 2.75) is 82.7 Å². The van der Waals surface area contributed by atoms with Gasteiger partial charge in [0.15, 0.2) is 0 Å². The van der Waals surface area contributed by atoms with Crippen molar-refractivity contribution < 1.29 is 0 Å². The summed E-state index contributed by atoms with van der Waals surface area (Å²) in [6.45, 7) is 2.63. The van der Waals surface area contributed by atoms with Gasteiger partial charge in [-0.05, 0) is 105 Å². The molecule has 0 spiro atoms. The molecule has 6 unspecified atom stereocenters. The molecule has 0 bridgehead atoms. The van der Waals surface area contributed by atoms with Crippen LogP contribution >= 0.6 is 0 Å². The lowest BCUT2D eigenvalue weighted by Crippen LogP contribution is -2.44. The van der Waals surface area contributed by atoms with Gasteiger partial charge in [-0.25, -0.2) is 0 Å². The van der Waals surface area contributed by atoms with Crippen molar-refractivity contribution in [3.05, 3.63) is 130 Å². The highest BCUT2D eigenvalue weighted by atomic mass is 15.2. The third-order valence-corrected chi connectivity index (χ3v) is 13.3. The lowest BCUT2D eigenvalue weighted by atomic mass is 9.67.